The van der Waals surface area contributed by atoms with Gasteiger partial charge < -0.3 is 9.47 Å². The van der Waals surface area contributed by atoms with Crippen molar-refractivity contribution in [3.63, 3.8) is 0 Å². The smallest absolute Gasteiger partial charge is 0.324 e. The molecule has 0 aliphatic carbocycles. The van der Waals surface area contributed by atoms with E-state index in [0.717, 1.165) is 11.3 Å². The minimum absolute atomic E-state index is 0.121. The first-order chi connectivity index (χ1) is 9.61. The Labute approximate surface area is 121 Å². The van der Waals surface area contributed by atoms with E-state index in [4.69, 9.17) is 9.47 Å². The van der Waals surface area contributed by atoms with E-state index in [0.29, 0.717) is 0 Å². The molecule has 5 nitrogen and oxygen atoms in total. The average molecular weight is 291 g/mol. The van der Waals surface area contributed by atoms with Gasteiger partial charge in [0.1, 0.15) is 12.4 Å². The van der Waals surface area contributed by atoms with Gasteiger partial charge in [0, 0.05) is 0 Å². The largest absolute Gasteiger partial charge is 0.497 e. The Bertz CT molecular complexity index is 613. The van der Waals surface area contributed by atoms with Crippen LogP contribution >= 0.6 is 12.6 Å². The van der Waals surface area contributed by atoms with Crippen molar-refractivity contribution in [2.45, 2.75) is 11.5 Å². The number of hydrogen-bond donors (Lipinski definition) is 1. The van der Waals surface area contributed by atoms with Gasteiger partial charge in [-0.3, -0.25) is 10.1 Å². The third-order valence-electron chi connectivity index (χ3n) is 2.71. The van der Waals surface area contributed by atoms with Gasteiger partial charge in [0.2, 0.25) is 0 Å². The molecule has 0 aromatic heterocycles. The van der Waals surface area contributed by atoms with Crippen molar-refractivity contribution >= 4 is 18.3 Å². The number of methoxy groups -OCH3 is 1. The molecule has 0 saturated carbocycles. The zero-order chi connectivity index (χ0) is 14.5. The van der Waals surface area contributed by atoms with Crippen LogP contribution in [0.1, 0.15) is 5.56 Å². The maximum atomic E-state index is 11.0. The second-order valence-corrected chi connectivity index (χ2v) is 4.50. The number of ether oxygens (including phenoxy) is 2. The predicted molar refractivity (Wildman–Crippen MR) is 77.7 cm³/mol. The average Bonchev–Trinajstić information content (AvgIpc) is 2.45. The fourth-order valence-electron chi connectivity index (χ4n) is 1.69. The summed E-state index contributed by atoms with van der Waals surface area (Å²) in [6.07, 6.45) is 0. The van der Waals surface area contributed by atoms with Crippen LogP contribution in [0.5, 0.6) is 11.5 Å². The third-order valence-corrected chi connectivity index (χ3v) is 3.07. The van der Waals surface area contributed by atoms with E-state index in [-0.39, 0.29) is 22.9 Å². The van der Waals surface area contributed by atoms with E-state index >= 15 is 0 Å². The molecule has 0 amide bonds. The van der Waals surface area contributed by atoms with Crippen LogP contribution in [-0.2, 0) is 6.61 Å². The Balaban J connectivity index is 2.14. The summed E-state index contributed by atoms with van der Waals surface area (Å²) >= 11 is 4.08. The topological polar surface area (TPSA) is 61.6 Å². The standard InChI is InChI=1S/C14H13NO4S/c1-18-11-7-5-10(6-8-11)9-19-12-3-2-4-13(20)14(12)15(16)17/h2-8,20H,9H2,1H3. The lowest BCUT2D eigenvalue weighted by atomic mass is 10.2. The zero-order valence-electron chi connectivity index (χ0n) is 10.8. The van der Waals surface area contributed by atoms with Crippen LogP contribution in [0.2, 0.25) is 0 Å². The molecule has 2 aromatic rings. The van der Waals surface area contributed by atoms with Crippen molar-refractivity contribution in [3.05, 3.63) is 58.1 Å². The molecule has 20 heavy (non-hydrogen) atoms. The minimum Gasteiger partial charge on any atom is -0.497 e. The summed E-state index contributed by atoms with van der Waals surface area (Å²) in [6, 6.07) is 12.1. The van der Waals surface area contributed by atoms with E-state index in [9.17, 15) is 10.1 Å². The van der Waals surface area contributed by atoms with Crippen LogP contribution < -0.4 is 9.47 Å². The summed E-state index contributed by atoms with van der Waals surface area (Å²) < 4.78 is 10.6. The first-order valence-corrected chi connectivity index (χ1v) is 6.28. The van der Waals surface area contributed by atoms with Crippen LogP contribution in [0.3, 0.4) is 0 Å². The van der Waals surface area contributed by atoms with E-state index in [1.165, 1.54) is 0 Å². The number of para-hydroxylation sites is 1. The van der Waals surface area contributed by atoms with Crippen LogP contribution in [0.15, 0.2) is 47.4 Å². The molecule has 0 bridgehead atoms. The van der Waals surface area contributed by atoms with Crippen LogP contribution in [-0.4, -0.2) is 12.0 Å². The lowest BCUT2D eigenvalue weighted by Gasteiger charge is -2.08. The van der Waals surface area contributed by atoms with Gasteiger partial charge in [-0.15, -0.1) is 12.6 Å². The van der Waals surface area contributed by atoms with E-state index in [2.05, 4.69) is 12.6 Å². The quantitative estimate of drug-likeness (QED) is 0.520. The lowest BCUT2D eigenvalue weighted by molar-refractivity contribution is -0.388. The van der Waals surface area contributed by atoms with Crippen LogP contribution in [0, 0.1) is 10.1 Å². The number of nitro benzene ring substituents is 1. The molecule has 0 radical (unpaired) electrons. The van der Waals surface area contributed by atoms with Crippen LogP contribution in [0.4, 0.5) is 5.69 Å². The highest BCUT2D eigenvalue weighted by molar-refractivity contribution is 7.80. The summed E-state index contributed by atoms with van der Waals surface area (Å²) in [7, 11) is 1.59. The molecule has 0 heterocycles. The maximum absolute atomic E-state index is 11.0. The molecule has 0 spiro atoms. The molecule has 2 rings (SSSR count). The highest BCUT2D eigenvalue weighted by atomic mass is 32.1. The fraction of sp³-hybridized carbons (Fsp3) is 0.143. The minimum atomic E-state index is -0.494. The van der Waals surface area contributed by atoms with E-state index in [1.54, 1.807) is 25.3 Å². The van der Waals surface area contributed by atoms with Gasteiger partial charge in [-0.25, -0.2) is 0 Å². The summed E-state index contributed by atoms with van der Waals surface area (Å²) in [4.78, 5) is 10.8. The van der Waals surface area contributed by atoms with Crippen molar-refractivity contribution in [1.82, 2.24) is 0 Å². The SMILES string of the molecule is COc1ccc(COc2cccc(S)c2[N+](=O)[O-])cc1. The van der Waals surface area contributed by atoms with Crippen molar-refractivity contribution in [3.8, 4) is 11.5 Å². The number of nitro groups is 1. The van der Waals surface area contributed by atoms with Crippen molar-refractivity contribution in [1.29, 1.82) is 0 Å². The van der Waals surface area contributed by atoms with Gasteiger partial charge in [0.05, 0.1) is 16.9 Å². The van der Waals surface area contributed by atoms with Gasteiger partial charge in [-0.1, -0.05) is 18.2 Å². The Morgan fingerprint density at radius 2 is 1.90 bits per heavy atom. The molecule has 0 N–H and O–H groups in total. The van der Waals surface area contributed by atoms with Gasteiger partial charge >= 0.3 is 5.69 Å². The molecular weight excluding hydrogens is 278 g/mol. The second-order valence-electron chi connectivity index (χ2n) is 4.02. The normalized spacial score (nSPS) is 10.1. The van der Waals surface area contributed by atoms with Crippen molar-refractivity contribution < 1.29 is 14.4 Å². The third kappa shape index (κ3) is 3.21. The number of benzene rings is 2. The number of hydrogen-bond acceptors (Lipinski definition) is 5. The second kappa shape index (κ2) is 6.29. The molecule has 0 unspecified atom stereocenters. The Morgan fingerprint density at radius 1 is 1.20 bits per heavy atom. The number of nitrogens with zero attached hydrogens (tertiary/aromatic N) is 1. The van der Waals surface area contributed by atoms with Gasteiger partial charge in [-0.05, 0) is 29.8 Å². The Morgan fingerprint density at radius 3 is 2.50 bits per heavy atom. The molecule has 0 aliphatic heterocycles. The lowest BCUT2D eigenvalue weighted by Crippen LogP contribution is -1.99. The van der Waals surface area contributed by atoms with Gasteiger partial charge in [0.15, 0.2) is 5.75 Å². The molecule has 0 saturated heterocycles. The van der Waals surface area contributed by atoms with Crippen LogP contribution in [0.25, 0.3) is 0 Å². The molecule has 6 heteroatoms. The van der Waals surface area contributed by atoms with E-state index < -0.39 is 4.92 Å². The molecule has 0 atom stereocenters. The maximum Gasteiger partial charge on any atom is 0.324 e. The van der Waals surface area contributed by atoms with Gasteiger partial charge in [0.25, 0.3) is 0 Å². The molecular formula is C14H13NO4S. The summed E-state index contributed by atoms with van der Waals surface area (Å²) in [5.41, 5.74) is 0.772. The first-order valence-electron chi connectivity index (χ1n) is 5.84. The molecule has 0 aliphatic rings. The molecule has 0 fully saturated rings. The summed E-state index contributed by atoms with van der Waals surface area (Å²) in [6.45, 7) is 0.238. The monoisotopic (exact) mass is 291 g/mol. The predicted octanol–water partition coefficient (Wildman–Crippen LogP) is 3.47. The number of thiol groups is 1. The molecule has 104 valence electrons. The summed E-state index contributed by atoms with van der Waals surface area (Å²) in [5.74, 6) is 0.954. The van der Waals surface area contributed by atoms with Gasteiger partial charge in [-0.2, -0.15) is 0 Å². The highest BCUT2D eigenvalue weighted by Gasteiger charge is 2.18. The Hall–Kier alpha value is -2.21. The number of rotatable bonds is 5. The van der Waals surface area contributed by atoms with Crippen molar-refractivity contribution in [2.24, 2.45) is 0 Å². The first kappa shape index (κ1) is 14.2. The Kier molecular flexibility index (Phi) is 4.47. The van der Waals surface area contributed by atoms with Crippen molar-refractivity contribution in [2.75, 3.05) is 7.11 Å². The summed E-state index contributed by atoms with van der Waals surface area (Å²) in [5, 5.41) is 11.0. The molecule has 2 aromatic carbocycles. The van der Waals surface area contributed by atoms with E-state index in [1.807, 2.05) is 24.3 Å². The highest BCUT2D eigenvalue weighted by Crippen LogP contribution is 2.33. The fourth-order valence-corrected chi connectivity index (χ4v) is 1.97. The zero-order valence-corrected chi connectivity index (χ0v) is 11.7.